The first kappa shape index (κ1) is 16.7. The van der Waals surface area contributed by atoms with E-state index < -0.39 is 0 Å². The minimum absolute atomic E-state index is 0.0512. The highest BCUT2D eigenvalue weighted by Crippen LogP contribution is 2.71. The summed E-state index contributed by atoms with van der Waals surface area (Å²) < 4.78 is 7.63. The highest BCUT2D eigenvalue weighted by molar-refractivity contribution is 8.49. The summed E-state index contributed by atoms with van der Waals surface area (Å²) in [6.45, 7) is 0. The lowest BCUT2D eigenvalue weighted by atomic mass is 10.2. The van der Waals surface area contributed by atoms with Crippen LogP contribution in [0.4, 0.5) is 0 Å². The SMILES string of the molecule is O=C1C=CC(=O)C2=C1SC(=C1SC3=C(SC(=C4SC=CS4)S3)S1)S2. The Balaban J connectivity index is 1.34. The number of thioether (sulfide) groups is 8. The fourth-order valence-corrected chi connectivity index (χ4v) is 13.4. The van der Waals surface area contributed by atoms with Crippen LogP contribution in [0.1, 0.15) is 0 Å². The fraction of sp³-hybridized carbons (Fsp3) is 0. The lowest BCUT2D eigenvalue weighted by molar-refractivity contribution is -0.114. The van der Waals surface area contributed by atoms with E-state index in [4.69, 9.17) is 0 Å². The minimum Gasteiger partial charge on any atom is -0.289 e. The highest BCUT2D eigenvalue weighted by atomic mass is 32.3. The Morgan fingerprint density at radius 1 is 0.500 bits per heavy atom. The molecule has 0 N–H and O–H groups in total. The van der Waals surface area contributed by atoms with Crippen molar-refractivity contribution in [3.63, 3.8) is 0 Å². The number of ketones is 2. The van der Waals surface area contributed by atoms with Gasteiger partial charge in [-0.2, -0.15) is 0 Å². The first-order valence-electron chi connectivity index (χ1n) is 6.48. The van der Waals surface area contributed by atoms with Crippen LogP contribution in [0, 0.1) is 0 Å². The predicted molar refractivity (Wildman–Crippen MR) is 117 cm³/mol. The van der Waals surface area contributed by atoms with Crippen molar-refractivity contribution < 1.29 is 9.59 Å². The molecule has 0 spiro atoms. The van der Waals surface area contributed by atoms with Gasteiger partial charge in [-0.25, -0.2) is 0 Å². The van der Waals surface area contributed by atoms with Gasteiger partial charge < -0.3 is 0 Å². The molecule has 4 heterocycles. The van der Waals surface area contributed by atoms with E-state index in [0.717, 1.165) is 4.24 Å². The first-order chi connectivity index (χ1) is 11.7. The maximum Gasteiger partial charge on any atom is 0.193 e. The average molecular weight is 461 g/mol. The van der Waals surface area contributed by atoms with E-state index in [-0.39, 0.29) is 11.6 Å². The number of rotatable bonds is 0. The number of carbonyl (C=O) groups excluding carboxylic acids is 2. The molecule has 0 aromatic rings. The Bertz CT molecular complexity index is 838. The van der Waals surface area contributed by atoms with E-state index >= 15 is 0 Å². The zero-order valence-electron chi connectivity index (χ0n) is 11.4. The normalized spacial score (nSPS) is 25.8. The molecule has 120 valence electrons. The van der Waals surface area contributed by atoms with Gasteiger partial charge in [0, 0.05) is 0 Å². The van der Waals surface area contributed by atoms with Gasteiger partial charge in [0.2, 0.25) is 0 Å². The molecule has 5 aliphatic rings. The van der Waals surface area contributed by atoms with Crippen molar-refractivity contribution in [1.82, 2.24) is 0 Å². The molecule has 10 heteroatoms. The molecule has 0 aromatic carbocycles. The van der Waals surface area contributed by atoms with E-state index in [1.54, 1.807) is 47.0 Å². The largest absolute Gasteiger partial charge is 0.289 e. The summed E-state index contributed by atoms with van der Waals surface area (Å²) in [5, 5.41) is 4.24. The van der Waals surface area contributed by atoms with E-state index in [0.29, 0.717) is 9.81 Å². The molecule has 0 unspecified atom stereocenters. The van der Waals surface area contributed by atoms with Crippen LogP contribution in [0.3, 0.4) is 0 Å². The van der Waals surface area contributed by atoms with Crippen molar-refractivity contribution in [3.05, 3.63) is 58.2 Å². The number of hydrogen-bond acceptors (Lipinski definition) is 10. The van der Waals surface area contributed by atoms with Crippen molar-refractivity contribution in [2.45, 2.75) is 0 Å². The highest BCUT2D eigenvalue weighted by Gasteiger charge is 2.38. The number of carbonyl (C=O) groups is 2. The van der Waals surface area contributed by atoms with Crippen molar-refractivity contribution in [3.8, 4) is 0 Å². The quantitative estimate of drug-likeness (QED) is 0.365. The van der Waals surface area contributed by atoms with E-state index in [1.165, 1.54) is 56.9 Å². The first-order valence-corrected chi connectivity index (χ1v) is 13.1. The molecule has 0 atom stereocenters. The van der Waals surface area contributed by atoms with Gasteiger partial charge in [0.05, 0.1) is 35.2 Å². The van der Waals surface area contributed by atoms with Gasteiger partial charge in [0.1, 0.15) is 0 Å². The number of hydrogen-bond donors (Lipinski definition) is 0. The molecular weight excluding hydrogens is 457 g/mol. The van der Waals surface area contributed by atoms with Gasteiger partial charge in [-0.05, 0) is 23.0 Å². The second-order valence-corrected chi connectivity index (χ2v) is 14.1. The molecule has 0 amide bonds. The molecule has 0 radical (unpaired) electrons. The Kier molecular flexibility index (Phi) is 4.62. The van der Waals surface area contributed by atoms with Gasteiger partial charge in [0.15, 0.2) is 11.6 Å². The standard InChI is InChI=1S/C14H4O2S8/c15-5-1-2-6(16)8-7(5)19-11(20-8)12-23-13-14(24-12)22-10(21-13)9-17-3-4-18-9/h1-4H. The topological polar surface area (TPSA) is 34.1 Å². The van der Waals surface area contributed by atoms with Crippen LogP contribution in [0.2, 0.25) is 0 Å². The molecule has 0 bridgehead atoms. The zero-order valence-corrected chi connectivity index (χ0v) is 17.9. The zero-order chi connectivity index (χ0) is 16.3. The molecule has 0 saturated carbocycles. The lowest BCUT2D eigenvalue weighted by Gasteiger charge is -2.06. The molecule has 5 rings (SSSR count). The van der Waals surface area contributed by atoms with Crippen LogP contribution in [0.25, 0.3) is 0 Å². The molecular formula is C14H4O2S8. The van der Waals surface area contributed by atoms with E-state index in [1.807, 2.05) is 23.5 Å². The van der Waals surface area contributed by atoms with Gasteiger partial charge in [-0.3, -0.25) is 9.59 Å². The van der Waals surface area contributed by atoms with Crippen molar-refractivity contribution >= 4 is 106 Å². The third kappa shape index (κ3) is 2.87. The van der Waals surface area contributed by atoms with Crippen molar-refractivity contribution in [2.24, 2.45) is 0 Å². The van der Waals surface area contributed by atoms with Crippen LogP contribution >= 0.6 is 94.1 Å². The summed E-state index contributed by atoms with van der Waals surface area (Å²) in [5.41, 5.74) is 0. The molecule has 2 nitrogen and oxygen atoms in total. The third-order valence-corrected chi connectivity index (χ3v) is 14.5. The van der Waals surface area contributed by atoms with E-state index in [9.17, 15) is 9.59 Å². The summed E-state index contributed by atoms with van der Waals surface area (Å²) in [4.78, 5) is 25.1. The Labute approximate surface area is 172 Å². The summed E-state index contributed by atoms with van der Waals surface area (Å²) in [6.07, 6.45) is 2.76. The fourth-order valence-electron chi connectivity index (χ4n) is 2.07. The summed E-state index contributed by atoms with van der Waals surface area (Å²) >= 11 is 13.7. The maximum absolute atomic E-state index is 12.0. The smallest absolute Gasteiger partial charge is 0.193 e. The van der Waals surface area contributed by atoms with Gasteiger partial charge in [-0.1, -0.05) is 94.1 Å². The summed E-state index contributed by atoms with van der Waals surface area (Å²) in [7, 11) is 0. The van der Waals surface area contributed by atoms with Gasteiger partial charge in [-0.15, -0.1) is 0 Å². The molecule has 0 fully saturated rings. The second kappa shape index (κ2) is 6.63. The third-order valence-electron chi connectivity index (χ3n) is 3.08. The van der Waals surface area contributed by atoms with Crippen molar-refractivity contribution in [1.29, 1.82) is 0 Å². The van der Waals surface area contributed by atoms with Crippen molar-refractivity contribution in [2.75, 3.05) is 0 Å². The maximum atomic E-state index is 12.0. The molecule has 0 aromatic heterocycles. The van der Waals surface area contributed by atoms with Gasteiger partial charge >= 0.3 is 0 Å². The van der Waals surface area contributed by atoms with Crippen LogP contribution in [0.5, 0.6) is 0 Å². The minimum atomic E-state index is -0.0512. The molecule has 0 saturated heterocycles. The predicted octanol–water partition coefficient (Wildman–Crippen LogP) is 6.68. The summed E-state index contributed by atoms with van der Waals surface area (Å²) in [5.74, 6) is -0.102. The molecule has 1 aliphatic carbocycles. The van der Waals surface area contributed by atoms with Crippen LogP contribution in [-0.2, 0) is 9.59 Å². The van der Waals surface area contributed by atoms with Crippen LogP contribution < -0.4 is 0 Å². The average Bonchev–Trinajstić information content (AvgIpc) is 3.32. The Morgan fingerprint density at radius 3 is 1.33 bits per heavy atom. The Hall–Kier alpha value is 0.580. The van der Waals surface area contributed by atoms with Gasteiger partial charge in [0.25, 0.3) is 0 Å². The monoisotopic (exact) mass is 460 g/mol. The van der Waals surface area contributed by atoms with Crippen LogP contribution in [-0.4, -0.2) is 11.6 Å². The summed E-state index contributed by atoms with van der Waals surface area (Å²) in [6, 6.07) is 0. The van der Waals surface area contributed by atoms with E-state index in [2.05, 4.69) is 10.8 Å². The number of allylic oxidation sites excluding steroid dienone is 4. The second-order valence-electron chi connectivity index (χ2n) is 4.57. The Morgan fingerprint density at radius 2 is 0.875 bits per heavy atom. The molecule has 4 aliphatic heterocycles. The van der Waals surface area contributed by atoms with Crippen LogP contribution in [0.15, 0.2) is 58.2 Å². The lowest BCUT2D eigenvalue weighted by Crippen LogP contribution is -2.07. The molecule has 24 heavy (non-hydrogen) atoms.